The van der Waals surface area contributed by atoms with Gasteiger partial charge in [-0.05, 0) is 89.4 Å². The molecular formula is C27H24Br2N2O5. The maximum atomic E-state index is 12.5. The highest BCUT2D eigenvalue weighted by molar-refractivity contribution is 9.10. The van der Waals surface area contributed by atoms with Gasteiger partial charge >= 0.3 is 5.91 Å². The number of halogens is 2. The molecule has 0 aliphatic rings. The van der Waals surface area contributed by atoms with Crippen LogP contribution in [0.3, 0.4) is 0 Å². The molecule has 3 aromatic carbocycles. The second kappa shape index (κ2) is 12.1. The summed E-state index contributed by atoms with van der Waals surface area (Å²) in [6.07, 6.45) is 1.53. The average Bonchev–Trinajstić information content (AvgIpc) is 3.29. The molecule has 0 unspecified atom stereocenters. The number of benzene rings is 3. The summed E-state index contributed by atoms with van der Waals surface area (Å²) in [5.41, 5.74) is 4.84. The molecule has 36 heavy (non-hydrogen) atoms. The minimum atomic E-state index is -0.459. The number of nitrogens with zero attached hydrogens (tertiary/aromatic N) is 1. The van der Waals surface area contributed by atoms with Crippen LogP contribution < -0.4 is 19.6 Å². The van der Waals surface area contributed by atoms with Crippen LogP contribution in [-0.4, -0.2) is 25.3 Å². The van der Waals surface area contributed by atoms with Gasteiger partial charge in [0.1, 0.15) is 17.9 Å². The van der Waals surface area contributed by atoms with E-state index >= 15 is 0 Å². The van der Waals surface area contributed by atoms with E-state index in [0.29, 0.717) is 46.9 Å². The van der Waals surface area contributed by atoms with Crippen LogP contribution in [0.15, 0.2) is 79.1 Å². The molecule has 1 heterocycles. The first-order valence-electron chi connectivity index (χ1n) is 11.3. The van der Waals surface area contributed by atoms with Crippen molar-refractivity contribution in [2.45, 2.75) is 20.5 Å². The fraction of sp³-hybridized carbons (Fsp3) is 0.185. The quantitative estimate of drug-likeness (QED) is 0.152. The van der Waals surface area contributed by atoms with E-state index in [9.17, 15) is 4.79 Å². The normalized spacial score (nSPS) is 11.1. The first-order chi connectivity index (χ1) is 17.5. The lowest BCUT2D eigenvalue weighted by molar-refractivity contribution is 0.0929. The van der Waals surface area contributed by atoms with Crippen LogP contribution in [-0.2, 0) is 6.61 Å². The molecule has 1 aromatic heterocycles. The van der Waals surface area contributed by atoms with E-state index in [-0.39, 0.29) is 5.76 Å². The van der Waals surface area contributed by atoms with Gasteiger partial charge in [0.05, 0.1) is 23.9 Å². The number of furan rings is 1. The lowest BCUT2D eigenvalue weighted by atomic mass is 10.2. The van der Waals surface area contributed by atoms with Crippen molar-refractivity contribution in [3.05, 3.63) is 86.5 Å². The van der Waals surface area contributed by atoms with Crippen LogP contribution in [0.25, 0.3) is 11.0 Å². The Morgan fingerprint density at radius 3 is 2.50 bits per heavy atom. The Labute approximate surface area is 225 Å². The van der Waals surface area contributed by atoms with Crippen LogP contribution in [0, 0.1) is 0 Å². The first kappa shape index (κ1) is 25.8. The van der Waals surface area contributed by atoms with Gasteiger partial charge in [-0.3, -0.25) is 4.79 Å². The first-order valence-corrected chi connectivity index (χ1v) is 12.9. The average molecular weight is 616 g/mol. The number of hydrazone groups is 1. The number of ether oxygens (including phenoxy) is 3. The third-order valence-corrected chi connectivity index (χ3v) is 6.15. The molecule has 186 valence electrons. The molecule has 7 nitrogen and oxygen atoms in total. The Bertz CT molecular complexity index is 1380. The van der Waals surface area contributed by atoms with Gasteiger partial charge in [-0.1, -0.05) is 28.1 Å². The van der Waals surface area contributed by atoms with E-state index in [1.165, 1.54) is 6.21 Å². The van der Waals surface area contributed by atoms with Crippen molar-refractivity contribution in [1.82, 2.24) is 5.43 Å². The zero-order valence-electron chi connectivity index (χ0n) is 19.7. The number of carbonyl (C=O) groups excluding carboxylic acids is 1. The van der Waals surface area contributed by atoms with E-state index in [2.05, 4.69) is 42.4 Å². The highest BCUT2D eigenvalue weighted by atomic mass is 79.9. The SMILES string of the molecule is CCOc1ccc2oc(C(=O)N/N=C/c3cc(Br)c(OCc4ccc(Br)cc4)c(OCC)c3)cc2c1. The molecule has 0 atom stereocenters. The van der Waals surface area contributed by atoms with Gasteiger partial charge in [-0.2, -0.15) is 5.10 Å². The summed E-state index contributed by atoms with van der Waals surface area (Å²) < 4.78 is 24.7. The summed E-state index contributed by atoms with van der Waals surface area (Å²) in [5, 5.41) is 4.85. The lowest BCUT2D eigenvalue weighted by Crippen LogP contribution is -2.16. The fourth-order valence-electron chi connectivity index (χ4n) is 3.41. The van der Waals surface area contributed by atoms with E-state index in [0.717, 1.165) is 21.2 Å². The Hall–Kier alpha value is -3.30. The fourth-order valence-corrected chi connectivity index (χ4v) is 4.25. The van der Waals surface area contributed by atoms with Crippen molar-refractivity contribution in [3.63, 3.8) is 0 Å². The third-order valence-electron chi connectivity index (χ3n) is 5.03. The molecule has 0 spiro atoms. The van der Waals surface area contributed by atoms with Crippen LogP contribution in [0.4, 0.5) is 0 Å². The largest absolute Gasteiger partial charge is 0.494 e. The van der Waals surface area contributed by atoms with Gasteiger partial charge in [-0.15, -0.1) is 0 Å². The zero-order chi connectivity index (χ0) is 25.5. The Morgan fingerprint density at radius 2 is 1.75 bits per heavy atom. The lowest BCUT2D eigenvalue weighted by Gasteiger charge is -2.14. The van der Waals surface area contributed by atoms with E-state index < -0.39 is 5.91 Å². The molecule has 4 rings (SSSR count). The molecule has 0 saturated heterocycles. The number of fused-ring (bicyclic) bond motifs is 1. The van der Waals surface area contributed by atoms with E-state index in [1.807, 2.05) is 50.2 Å². The number of amides is 1. The Kier molecular flexibility index (Phi) is 8.66. The van der Waals surface area contributed by atoms with Crippen LogP contribution in [0.2, 0.25) is 0 Å². The molecule has 0 aliphatic heterocycles. The molecule has 1 amide bonds. The van der Waals surface area contributed by atoms with Gasteiger partial charge in [0.15, 0.2) is 17.3 Å². The van der Waals surface area contributed by atoms with Gasteiger partial charge in [-0.25, -0.2) is 5.43 Å². The van der Waals surface area contributed by atoms with E-state index in [4.69, 9.17) is 18.6 Å². The maximum Gasteiger partial charge on any atom is 0.307 e. The molecule has 9 heteroatoms. The van der Waals surface area contributed by atoms with E-state index in [1.54, 1.807) is 24.3 Å². The minimum Gasteiger partial charge on any atom is -0.494 e. The number of rotatable bonds is 10. The second-order valence-electron chi connectivity index (χ2n) is 7.62. The van der Waals surface area contributed by atoms with Gasteiger partial charge in [0.25, 0.3) is 0 Å². The predicted molar refractivity (Wildman–Crippen MR) is 146 cm³/mol. The summed E-state index contributed by atoms with van der Waals surface area (Å²) in [6, 6.07) is 18.6. The highest BCUT2D eigenvalue weighted by Gasteiger charge is 2.14. The predicted octanol–water partition coefficient (Wildman–Crippen LogP) is 7.10. The monoisotopic (exact) mass is 614 g/mol. The molecule has 0 bridgehead atoms. The molecule has 1 N–H and O–H groups in total. The molecule has 0 saturated carbocycles. The maximum absolute atomic E-state index is 12.5. The second-order valence-corrected chi connectivity index (χ2v) is 9.39. The minimum absolute atomic E-state index is 0.156. The summed E-state index contributed by atoms with van der Waals surface area (Å²) in [6.45, 7) is 5.23. The highest BCUT2D eigenvalue weighted by Crippen LogP contribution is 2.37. The van der Waals surface area contributed by atoms with Crippen molar-refractivity contribution in [3.8, 4) is 17.2 Å². The van der Waals surface area contributed by atoms with Crippen LogP contribution >= 0.6 is 31.9 Å². The molecule has 0 aliphatic carbocycles. The number of nitrogens with one attached hydrogen (secondary N) is 1. The summed E-state index contributed by atoms with van der Waals surface area (Å²) in [5.74, 6) is 1.58. The zero-order valence-corrected chi connectivity index (χ0v) is 22.9. The van der Waals surface area contributed by atoms with Crippen LogP contribution in [0.1, 0.15) is 35.5 Å². The summed E-state index contributed by atoms with van der Waals surface area (Å²) >= 11 is 7.00. The topological polar surface area (TPSA) is 82.3 Å². The smallest absolute Gasteiger partial charge is 0.307 e. The molecule has 0 radical (unpaired) electrons. The Balaban J connectivity index is 1.44. The number of hydrogen-bond donors (Lipinski definition) is 1. The van der Waals surface area contributed by atoms with Crippen molar-refractivity contribution in [1.29, 1.82) is 0 Å². The Morgan fingerprint density at radius 1 is 0.972 bits per heavy atom. The number of hydrogen-bond acceptors (Lipinski definition) is 6. The van der Waals surface area contributed by atoms with Crippen LogP contribution in [0.5, 0.6) is 17.2 Å². The standard InChI is InChI=1S/C27H24Br2N2O5/c1-3-33-21-9-10-23-19(13-21)14-25(36-23)27(32)31-30-15-18-11-22(29)26(24(12-18)34-4-2)35-16-17-5-7-20(28)8-6-17/h5-15H,3-4,16H2,1-2H3,(H,31,32)/b30-15+. The van der Waals surface area contributed by atoms with Gasteiger partial charge in [0, 0.05) is 9.86 Å². The van der Waals surface area contributed by atoms with Crippen molar-refractivity contribution < 1.29 is 23.4 Å². The molecular weight excluding hydrogens is 592 g/mol. The number of carbonyl (C=O) groups is 1. The molecule has 4 aromatic rings. The summed E-state index contributed by atoms with van der Waals surface area (Å²) in [7, 11) is 0. The third kappa shape index (κ3) is 6.47. The molecule has 0 fully saturated rings. The summed E-state index contributed by atoms with van der Waals surface area (Å²) in [4.78, 5) is 12.5. The van der Waals surface area contributed by atoms with Crippen molar-refractivity contribution in [2.24, 2.45) is 5.10 Å². The van der Waals surface area contributed by atoms with Gasteiger partial charge in [0.2, 0.25) is 0 Å². The van der Waals surface area contributed by atoms with Crippen molar-refractivity contribution >= 4 is 55.0 Å². The van der Waals surface area contributed by atoms with Gasteiger partial charge < -0.3 is 18.6 Å². The van der Waals surface area contributed by atoms with Crippen molar-refractivity contribution in [2.75, 3.05) is 13.2 Å².